The highest BCUT2D eigenvalue weighted by Gasteiger charge is 2.54. The number of alkyl halides is 3. The third-order valence-electron chi connectivity index (χ3n) is 1.81. The van der Waals surface area contributed by atoms with Crippen molar-refractivity contribution in [3.63, 3.8) is 0 Å². The van der Waals surface area contributed by atoms with Gasteiger partial charge in [0, 0.05) is 11.5 Å². The molecule has 1 heterocycles. The number of carbonyl (C=O) groups is 1. The maximum atomic E-state index is 12.4. The number of nitrogens with two attached hydrogens (primary N) is 1. The van der Waals surface area contributed by atoms with Gasteiger partial charge in [0.2, 0.25) is 5.13 Å². The molecule has 1 aromatic heterocycles. The number of aromatic nitrogens is 2. The molecule has 0 radical (unpaired) electrons. The molecule has 0 saturated heterocycles. The number of hydrogen-bond acceptors (Lipinski definition) is 5. The first-order valence-electron chi connectivity index (χ1n) is 4.12. The fourth-order valence-corrected chi connectivity index (χ4v) is 1.27. The molecule has 90 valence electrons. The van der Waals surface area contributed by atoms with Crippen LogP contribution in [-0.2, 0) is 4.79 Å². The van der Waals surface area contributed by atoms with Gasteiger partial charge in [0.05, 0.1) is 0 Å². The Balaban J connectivity index is 2.80. The lowest BCUT2D eigenvalue weighted by Crippen LogP contribution is -2.59. The van der Waals surface area contributed by atoms with E-state index in [-0.39, 0.29) is 5.13 Å². The number of nitrogens with zero attached hydrogens (tertiary/aromatic N) is 2. The van der Waals surface area contributed by atoms with E-state index in [1.165, 1.54) is 0 Å². The molecule has 1 rings (SSSR count). The Hall–Kier alpha value is -1.22. The Kier molecular flexibility index (Phi) is 3.20. The van der Waals surface area contributed by atoms with Crippen molar-refractivity contribution in [3.8, 4) is 0 Å². The molecule has 0 aliphatic heterocycles. The summed E-state index contributed by atoms with van der Waals surface area (Å²) in [7, 11) is 0. The number of aryl methyl sites for hydroxylation is 1. The topological polar surface area (TPSA) is 80.9 Å². The molecular formula is C7H9F3N4OS. The lowest BCUT2D eigenvalue weighted by Gasteiger charge is -2.25. The minimum absolute atomic E-state index is 0.0107. The first-order valence-corrected chi connectivity index (χ1v) is 4.89. The Morgan fingerprint density at radius 1 is 1.50 bits per heavy atom. The number of rotatable bonds is 2. The highest BCUT2D eigenvalue weighted by molar-refractivity contribution is 7.09. The molecule has 0 spiro atoms. The van der Waals surface area contributed by atoms with Crippen LogP contribution in [0.5, 0.6) is 0 Å². The molecule has 0 saturated carbocycles. The molecular weight excluding hydrogens is 245 g/mol. The Morgan fingerprint density at radius 3 is 2.44 bits per heavy atom. The van der Waals surface area contributed by atoms with Crippen molar-refractivity contribution in [2.75, 3.05) is 5.32 Å². The van der Waals surface area contributed by atoms with Gasteiger partial charge in [-0.1, -0.05) is 0 Å². The monoisotopic (exact) mass is 254 g/mol. The standard InChI is InChI=1S/C7H9F3N4OS/c1-3-12-5(16-14-3)13-4(15)6(2,11)7(8,9)10/h11H2,1-2H3,(H,12,13,14,15). The molecule has 1 aromatic rings. The maximum Gasteiger partial charge on any atom is 0.415 e. The third kappa shape index (κ3) is 2.47. The van der Waals surface area contributed by atoms with Gasteiger partial charge >= 0.3 is 6.18 Å². The van der Waals surface area contributed by atoms with Gasteiger partial charge in [0.25, 0.3) is 5.91 Å². The number of hydrogen-bond donors (Lipinski definition) is 2. The molecule has 0 fully saturated rings. The first kappa shape index (κ1) is 12.8. The largest absolute Gasteiger partial charge is 0.415 e. The number of amides is 1. The molecule has 0 aromatic carbocycles. The van der Waals surface area contributed by atoms with Crippen molar-refractivity contribution in [2.45, 2.75) is 25.6 Å². The molecule has 1 amide bonds. The summed E-state index contributed by atoms with van der Waals surface area (Å²) < 4.78 is 40.8. The molecule has 5 nitrogen and oxygen atoms in total. The minimum atomic E-state index is -4.82. The predicted molar refractivity (Wildman–Crippen MR) is 51.9 cm³/mol. The zero-order valence-corrected chi connectivity index (χ0v) is 9.24. The van der Waals surface area contributed by atoms with Crippen molar-refractivity contribution >= 4 is 22.6 Å². The summed E-state index contributed by atoms with van der Waals surface area (Å²) in [5.41, 5.74) is 1.96. The molecule has 1 unspecified atom stereocenters. The van der Waals surface area contributed by atoms with Crippen LogP contribution in [0.4, 0.5) is 18.3 Å². The van der Waals surface area contributed by atoms with Crippen LogP contribution in [0.2, 0.25) is 0 Å². The molecule has 3 N–H and O–H groups in total. The summed E-state index contributed by atoms with van der Waals surface area (Å²) >= 11 is 0.789. The van der Waals surface area contributed by atoms with E-state index < -0.39 is 17.6 Å². The van der Waals surface area contributed by atoms with E-state index in [9.17, 15) is 18.0 Å². The van der Waals surface area contributed by atoms with E-state index in [0.717, 1.165) is 11.5 Å². The Morgan fingerprint density at radius 2 is 2.06 bits per heavy atom. The van der Waals surface area contributed by atoms with E-state index in [1.807, 2.05) is 5.32 Å². The Labute approximate surface area is 93.0 Å². The normalized spacial score (nSPS) is 15.6. The third-order valence-corrected chi connectivity index (χ3v) is 2.53. The predicted octanol–water partition coefficient (Wildman–Crippen LogP) is 1.06. The summed E-state index contributed by atoms with van der Waals surface area (Å²) in [6.07, 6.45) is -4.82. The molecule has 9 heteroatoms. The fourth-order valence-electron chi connectivity index (χ4n) is 0.704. The van der Waals surface area contributed by atoms with Gasteiger partial charge in [-0.15, -0.1) is 0 Å². The van der Waals surface area contributed by atoms with E-state index in [4.69, 9.17) is 5.73 Å². The summed E-state index contributed by atoms with van der Waals surface area (Å²) in [6, 6.07) is 0. The summed E-state index contributed by atoms with van der Waals surface area (Å²) in [6.45, 7) is 2.15. The lowest BCUT2D eigenvalue weighted by atomic mass is 10.0. The molecule has 0 aliphatic rings. The van der Waals surface area contributed by atoms with Crippen LogP contribution in [0.1, 0.15) is 12.7 Å². The van der Waals surface area contributed by atoms with Crippen LogP contribution in [0.25, 0.3) is 0 Å². The summed E-state index contributed by atoms with van der Waals surface area (Å²) in [4.78, 5) is 15.0. The summed E-state index contributed by atoms with van der Waals surface area (Å²) in [5, 5.41) is 1.96. The number of carbonyl (C=O) groups excluding carboxylic acids is 1. The quantitative estimate of drug-likeness (QED) is 0.827. The molecule has 0 bridgehead atoms. The van der Waals surface area contributed by atoms with Crippen molar-refractivity contribution in [3.05, 3.63) is 5.82 Å². The molecule has 0 aliphatic carbocycles. The van der Waals surface area contributed by atoms with Crippen molar-refractivity contribution in [1.29, 1.82) is 0 Å². The van der Waals surface area contributed by atoms with Crippen LogP contribution in [0.3, 0.4) is 0 Å². The number of anilines is 1. The van der Waals surface area contributed by atoms with Gasteiger partial charge in [-0.3, -0.25) is 10.1 Å². The van der Waals surface area contributed by atoms with Crippen LogP contribution in [0.15, 0.2) is 0 Å². The highest BCUT2D eigenvalue weighted by atomic mass is 32.1. The fraction of sp³-hybridized carbons (Fsp3) is 0.571. The Bertz CT molecular complexity index is 401. The van der Waals surface area contributed by atoms with Gasteiger partial charge in [0.15, 0.2) is 5.54 Å². The van der Waals surface area contributed by atoms with E-state index in [2.05, 4.69) is 9.36 Å². The maximum absolute atomic E-state index is 12.4. The summed E-state index contributed by atoms with van der Waals surface area (Å²) in [5.74, 6) is -0.998. The van der Waals surface area contributed by atoms with Crippen molar-refractivity contribution in [1.82, 2.24) is 9.36 Å². The van der Waals surface area contributed by atoms with Crippen LogP contribution in [-0.4, -0.2) is 27.0 Å². The average molecular weight is 254 g/mol. The van der Waals surface area contributed by atoms with E-state index in [0.29, 0.717) is 12.7 Å². The second-order valence-electron chi connectivity index (χ2n) is 3.30. The zero-order valence-electron chi connectivity index (χ0n) is 8.42. The van der Waals surface area contributed by atoms with Gasteiger partial charge < -0.3 is 5.73 Å². The van der Waals surface area contributed by atoms with Gasteiger partial charge in [-0.2, -0.15) is 17.5 Å². The zero-order chi connectivity index (χ0) is 12.6. The van der Waals surface area contributed by atoms with Gasteiger partial charge in [-0.05, 0) is 13.8 Å². The highest BCUT2D eigenvalue weighted by Crippen LogP contribution is 2.29. The second-order valence-corrected chi connectivity index (χ2v) is 4.05. The van der Waals surface area contributed by atoms with Gasteiger partial charge in [-0.25, -0.2) is 4.98 Å². The average Bonchev–Trinajstić information content (AvgIpc) is 2.49. The second kappa shape index (κ2) is 3.98. The SMILES string of the molecule is Cc1nsc(NC(=O)C(C)(N)C(F)(F)F)n1. The molecule has 16 heavy (non-hydrogen) atoms. The van der Waals surface area contributed by atoms with Crippen molar-refractivity contribution in [2.24, 2.45) is 5.73 Å². The van der Waals surface area contributed by atoms with Crippen LogP contribution in [0, 0.1) is 6.92 Å². The lowest BCUT2D eigenvalue weighted by molar-refractivity contribution is -0.184. The van der Waals surface area contributed by atoms with E-state index in [1.54, 1.807) is 6.92 Å². The van der Waals surface area contributed by atoms with Crippen LogP contribution < -0.4 is 11.1 Å². The minimum Gasteiger partial charge on any atom is -0.310 e. The van der Waals surface area contributed by atoms with E-state index >= 15 is 0 Å². The smallest absolute Gasteiger partial charge is 0.310 e. The van der Waals surface area contributed by atoms with Crippen LogP contribution >= 0.6 is 11.5 Å². The number of nitrogens with one attached hydrogen (secondary N) is 1. The first-order chi connectivity index (χ1) is 7.14. The van der Waals surface area contributed by atoms with Crippen molar-refractivity contribution < 1.29 is 18.0 Å². The molecule has 1 atom stereocenters. The van der Waals surface area contributed by atoms with Gasteiger partial charge in [0.1, 0.15) is 5.82 Å². The number of halogens is 3.